The Bertz CT molecular complexity index is 865. The summed E-state index contributed by atoms with van der Waals surface area (Å²) in [4.78, 5) is 12.4. The second-order valence-electron chi connectivity index (χ2n) is 5.62. The van der Waals surface area contributed by atoms with Crippen LogP contribution in [-0.2, 0) is 17.7 Å². The number of benzene rings is 2. The highest BCUT2D eigenvalue weighted by molar-refractivity contribution is 6.06. The van der Waals surface area contributed by atoms with Gasteiger partial charge in [-0.25, -0.2) is 4.79 Å². The number of hydrogen-bond acceptors (Lipinski definition) is 3. The van der Waals surface area contributed by atoms with Crippen LogP contribution >= 0.6 is 0 Å². The number of esters is 1. The Morgan fingerprint density at radius 3 is 2.46 bits per heavy atom. The third kappa shape index (κ3) is 2.75. The number of methoxy groups -OCH3 is 2. The summed E-state index contributed by atoms with van der Waals surface area (Å²) in [5, 5.41) is 0.869. The van der Waals surface area contributed by atoms with E-state index in [0.29, 0.717) is 12.1 Å². The van der Waals surface area contributed by atoms with Crippen molar-refractivity contribution >= 4 is 16.9 Å². The number of rotatable bonds is 5. The van der Waals surface area contributed by atoms with Crippen molar-refractivity contribution in [3.05, 3.63) is 65.4 Å². The molecular formula is C20H21NO3. The first-order valence-electron chi connectivity index (χ1n) is 8.01. The number of carbonyl (C=O) groups is 1. The van der Waals surface area contributed by atoms with Crippen LogP contribution in [0.2, 0.25) is 0 Å². The molecule has 4 heteroatoms. The Kier molecular flexibility index (Phi) is 4.56. The Balaban J connectivity index is 2.25. The van der Waals surface area contributed by atoms with E-state index >= 15 is 0 Å². The molecule has 0 N–H and O–H groups in total. The molecule has 0 radical (unpaired) electrons. The van der Waals surface area contributed by atoms with Gasteiger partial charge in [0.2, 0.25) is 0 Å². The van der Waals surface area contributed by atoms with Crippen molar-refractivity contribution in [3.63, 3.8) is 0 Å². The van der Waals surface area contributed by atoms with Crippen LogP contribution in [0.15, 0.2) is 48.5 Å². The van der Waals surface area contributed by atoms with E-state index < -0.39 is 0 Å². The summed E-state index contributed by atoms with van der Waals surface area (Å²) in [6, 6.07) is 16.1. The Morgan fingerprint density at radius 2 is 1.83 bits per heavy atom. The summed E-state index contributed by atoms with van der Waals surface area (Å²) in [5.74, 6) is 0.420. The molecule has 0 aliphatic rings. The summed E-state index contributed by atoms with van der Waals surface area (Å²) in [5.41, 5.74) is 3.81. The van der Waals surface area contributed by atoms with Crippen molar-refractivity contribution < 1.29 is 14.3 Å². The van der Waals surface area contributed by atoms with Gasteiger partial charge in [0, 0.05) is 23.1 Å². The molecule has 3 rings (SSSR count). The van der Waals surface area contributed by atoms with E-state index in [1.165, 1.54) is 12.7 Å². The Morgan fingerprint density at radius 1 is 1.08 bits per heavy atom. The van der Waals surface area contributed by atoms with Crippen LogP contribution in [0.25, 0.3) is 10.9 Å². The number of aromatic nitrogens is 1. The lowest BCUT2D eigenvalue weighted by molar-refractivity contribution is 0.0601. The van der Waals surface area contributed by atoms with E-state index in [-0.39, 0.29) is 5.97 Å². The number of nitrogens with zero attached hydrogens (tertiary/aromatic N) is 1. The minimum absolute atomic E-state index is 0.308. The van der Waals surface area contributed by atoms with Gasteiger partial charge in [-0.05, 0) is 30.2 Å². The van der Waals surface area contributed by atoms with Gasteiger partial charge in [-0.3, -0.25) is 0 Å². The molecule has 0 amide bonds. The smallest absolute Gasteiger partial charge is 0.340 e. The summed E-state index contributed by atoms with van der Waals surface area (Å²) in [7, 11) is 3.04. The normalized spacial score (nSPS) is 10.8. The monoisotopic (exact) mass is 323 g/mol. The molecule has 0 aliphatic heterocycles. The Hall–Kier alpha value is -2.75. The van der Waals surface area contributed by atoms with Crippen molar-refractivity contribution in [2.45, 2.75) is 19.9 Å². The quantitative estimate of drug-likeness (QED) is 0.665. The zero-order chi connectivity index (χ0) is 17.1. The van der Waals surface area contributed by atoms with Gasteiger partial charge in [-0.1, -0.05) is 37.3 Å². The fourth-order valence-corrected chi connectivity index (χ4v) is 3.16. The third-order valence-corrected chi connectivity index (χ3v) is 4.29. The van der Waals surface area contributed by atoms with Crippen LogP contribution in [0.5, 0.6) is 5.75 Å². The predicted molar refractivity (Wildman–Crippen MR) is 94.8 cm³/mol. The van der Waals surface area contributed by atoms with E-state index in [4.69, 9.17) is 9.47 Å². The maximum Gasteiger partial charge on any atom is 0.340 e. The molecule has 3 aromatic rings. The van der Waals surface area contributed by atoms with Crippen molar-refractivity contribution in [1.82, 2.24) is 4.57 Å². The van der Waals surface area contributed by atoms with Crippen LogP contribution in [0.1, 0.15) is 28.5 Å². The fraction of sp³-hybridized carbons (Fsp3) is 0.250. The van der Waals surface area contributed by atoms with Crippen LogP contribution < -0.4 is 4.74 Å². The van der Waals surface area contributed by atoms with Gasteiger partial charge in [0.25, 0.3) is 0 Å². The lowest BCUT2D eigenvalue weighted by Crippen LogP contribution is -2.08. The van der Waals surface area contributed by atoms with Crippen molar-refractivity contribution in [3.8, 4) is 5.75 Å². The highest BCUT2D eigenvalue weighted by Crippen LogP contribution is 2.31. The van der Waals surface area contributed by atoms with Crippen LogP contribution in [0.3, 0.4) is 0 Å². The molecule has 1 aromatic heterocycles. The molecule has 0 saturated carbocycles. The maximum absolute atomic E-state index is 12.4. The maximum atomic E-state index is 12.4. The van der Waals surface area contributed by atoms with Crippen LogP contribution in [0.4, 0.5) is 0 Å². The largest absolute Gasteiger partial charge is 0.497 e. The molecule has 2 aromatic carbocycles. The minimum atomic E-state index is -0.308. The third-order valence-electron chi connectivity index (χ3n) is 4.29. The summed E-state index contributed by atoms with van der Waals surface area (Å²) >= 11 is 0. The van der Waals surface area contributed by atoms with Gasteiger partial charge in [0.15, 0.2) is 0 Å². The molecular weight excluding hydrogens is 302 g/mol. The van der Waals surface area contributed by atoms with Gasteiger partial charge in [-0.2, -0.15) is 0 Å². The van der Waals surface area contributed by atoms with Gasteiger partial charge in [0.1, 0.15) is 5.75 Å². The molecule has 0 atom stereocenters. The van der Waals surface area contributed by atoms with Gasteiger partial charge in [0.05, 0.1) is 19.8 Å². The summed E-state index contributed by atoms with van der Waals surface area (Å²) < 4.78 is 12.6. The van der Waals surface area contributed by atoms with Crippen LogP contribution in [0, 0.1) is 0 Å². The molecule has 1 heterocycles. The SMILES string of the molecule is CCc1c(C(=O)OC)c2cc(OC)ccc2n1Cc1ccccc1. The van der Waals surface area contributed by atoms with E-state index in [0.717, 1.165) is 28.8 Å². The van der Waals surface area contributed by atoms with Crippen LogP contribution in [-0.4, -0.2) is 24.8 Å². The number of fused-ring (bicyclic) bond motifs is 1. The average molecular weight is 323 g/mol. The first-order valence-corrected chi connectivity index (χ1v) is 8.01. The van der Waals surface area contributed by atoms with Gasteiger partial charge >= 0.3 is 5.97 Å². The molecule has 4 nitrogen and oxygen atoms in total. The zero-order valence-corrected chi connectivity index (χ0v) is 14.2. The summed E-state index contributed by atoms with van der Waals surface area (Å²) in [6.07, 6.45) is 0.744. The Labute approximate surface area is 141 Å². The van der Waals surface area contributed by atoms with E-state index in [1.807, 2.05) is 36.4 Å². The van der Waals surface area contributed by atoms with Crippen molar-refractivity contribution in [2.75, 3.05) is 14.2 Å². The number of hydrogen-bond donors (Lipinski definition) is 0. The second kappa shape index (κ2) is 6.79. The first-order chi connectivity index (χ1) is 11.7. The molecule has 0 bridgehead atoms. The zero-order valence-electron chi connectivity index (χ0n) is 14.2. The molecule has 124 valence electrons. The average Bonchev–Trinajstić information content (AvgIpc) is 2.94. The lowest BCUT2D eigenvalue weighted by Gasteiger charge is -2.11. The molecule has 0 aliphatic carbocycles. The molecule has 0 unspecified atom stereocenters. The first kappa shape index (κ1) is 16.1. The number of ether oxygens (including phenoxy) is 2. The van der Waals surface area contributed by atoms with Gasteiger partial charge in [-0.15, -0.1) is 0 Å². The highest BCUT2D eigenvalue weighted by Gasteiger charge is 2.22. The second-order valence-corrected chi connectivity index (χ2v) is 5.62. The molecule has 24 heavy (non-hydrogen) atoms. The van der Waals surface area contributed by atoms with Gasteiger partial charge < -0.3 is 14.0 Å². The van der Waals surface area contributed by atoms with E-state index in [1.54, 1.807) is 7.11 Å². The molecule has 0 spiro atoms. The van der Waals surface area contributed by atoms with Crippen molar-refractivity contribution in [1.29, 1.82) is 0 Å². The van der Waals surface area contributed by atoms with Crippen molar-refractivity contribution in [2.24, 2.45) is 0 Å². The molecule has 0 saturated heterocycles. The van der Waals surface area contributed by atoms with E-state index in [2.05, 4.69) is 23.6 Å². The summed E-state index contributed by atoms with van der Waals surface area (Å²) in [6.45, 7) is 2.77. The predicted octanol–water partition coefficient (Wildman–Crippen LogP) is 4.05. The fourth-order valence-electron chi connectivity index (χ4n) is 3.16. The standard InChI is InChI=1S/C20H21NO3/c1-4-17-19(20(22)24-3)16-12-15(23-2)10-11-18(16)21(17)13-14-8-6-5-7-9-14/h5-12H,4,13H2,1-3H3. The van der Waals surface area contributed by atoms with E-state index in [9.17, 15) is 4.79 Å². The lowest BCUT2D eigenvalue weighted by atomic mass is 10.1. The molecule has 0 fully saturated rings. The highest BCUT2D eigenvalue weighted by atomic mass is 16.5. The topological polar surface area (TPSA) is 40.5 Å². The minimum Gasteiger partial charge on any atom is -0.497 e. The number of carbonyl (C=O) groups excluding carboxylic acids is 1.